The van der Waals surface area contributed by atoms with Gasteiger partial charge in [-0.15, -0.1) is 24.0 Å². The van der Waals surface area contributed by atoms with Crippen molar-refractivity contribution in [3.05, 3.63) is 72.3 Å². The van der Waals surface area contributed by atoms with Crippen molar-refractivity contribution in [2.75, 3.05) is 31.6 Å². The van der Waals surface area contributed by atoms with Crippen LogP contribution in [0.4, 0.5) is 10.1 Å². The highest BCUT2D eigenvalue weighted by Gasteiger charge is 2.11. The summed E-state index contributed by atoms with van der Waals surface area (Å²) in [5, 5.41) is 10.8. The minimum atomic E-state index is -0.207. The summed E-state index contributed by atoms with van der Waals surface area (Å²) in [4.78, 5) is 4.63. The fourth-order valence-electron chi connectivity index (χ4n) is 3.23. The van der Waals surface area contributed by atoms with Crippen LogP contribution in [0.2, 0.25) is 0 Å². The van der Waals surface area contributed by atoms with E-state index in [1.165, 1.54) is 6.07 Å². The molecule has 0 amide bonds. The molecular weight excluding hydrogens is 524 g/mol. The van der Waals surface area contributed by atoms with Crippen molar-refractivity contribution in [1.82, 2.24) is 15.1 Å². The van der Waals surface area contributed by atoms with Gasteiger partial charge in [-0.2, -0.15) is 5.10 Å². The van der Waals surface area contributed by atoms with Crippen molar-refractivity contribution in [3.63, 3.8) is 0 Å². The van der Waals surface area contributed by atoms with Crippen LogP contribution in [0, 0.1) is 5.82 Å². The van der Waals surface area contributed by atoms with E-state index in [9.17, 15) is 4.39 Å². The monoisotopic (exact) mass is 551 g/mol. The van der Waals surface area contributed by atoms with Gasteiger partial charge in [0.25, 0.3) is 0 Å². The molecule has 0 saturated heterocycles. The van der Waals surface area contributed by atoms with Crippen LogP contribution in [0.15, 0.2) is 65.9 Å². The Balaban J connectivity index is 0.00000289. The number of fused-ring (bicyclic) bond motifs is 1. The van der Waals surface area contributed by atoms with E-state index in [2.05, 4.69) is 20.7 Å². The number of hydrogen-bond acceptors (Lipinski definition) is 4. The van der Waals surface area contributed by atoms with E-state index >= 15 is 0 Å². The summed E-state index contributed by atoms with van der Waals surface area (Å²) in [6.45, 7) is 3.06. The topological polar surface area (TPSA) is 72.7 Å². The summed E-state index contributed by atoms with van der Waals surface area (Å²) in [6.07, 6.45) is 5.03. The minimum absolute atomic E-state index is 0. The standard InChI is InChI=1S/C23H26FN5O2.HI/c24-20-6-2-1-5-18(20)9-11-25-23(26-12-14-29-13-3-10-27-29)28-19-7-8-21-22(17-19)31-16-4-15-30-21;/h1-3,5-8,10,13,17H,4,9,11-12,14-16H2,(H2,25,26,28);1H. The van der Waals surface area contributed by atoms with Gasteiger partial charge in [-0.25, -0.2) is 4.39 Å². The number of rotatable bonds is 7. The number of aliphatic imine (C=N–C) groups is 1. The van der Waals surface area contributed by atoms with Gasteiger partial charge in [0, 0.05) is 43.7 Å². The Morgan fingerprint density at radius 1 is 1.09 bits per heavy atom. The molecule has 0 unspecified atom stereocenters. The van der Waals surface area contributed by atoms with Crippen molar-refractivity contribution >= 4 is 35.6 Å². The maximum Gasteiger partial charge on any atom is 0.195 e. The van der Waals surface area contributed by atoms with E-state index in [0.29, 0.717) is 56.5 Å². The Morgan fingerprint density at radius 3 is 2.75 bits per heavy atom. The van der Waals surface area contributed by atoms with Gasteiger partial charge in [-0.3, -0.25) is 9.67 Å². The number of nitrogens with zero attached hydrogens (tertiary/aromatic N) is 3. The SMILES string of the molecule is Fc1ccccc1CCN=C(NCCn1cccn1)Nc1ccc2c(c1)OCCCO2.I. The van der Waals surface area contributed by atoms with Crippen LogP contribution in [0.5, 0.6) is 11.5 Å². The second-order valence-corrected chi connectivity index (χ2v) is 7.10. The second kappa shape index (κ2) is 12.3. The molecule has 170 valence electrons. The summed E-state index contributed by atoms with van der Waals surface area (Å²) in [5.74, 6) is 1.86. The van der Waals surface area contributed by atoms with E-state index in [1.54, 1.807) is 18.3 Å². The average molecular weight is 551 g/mol. The summed E-state index contributed by atoms with van der Waals surface area (Å²) in [7, 11) is 0. The van der Waals surface area contributed by atoms with Crippen LogP contribution in [0.25, 0.3) is 0 Å². The Bertz CT molecular complexity index is 1010. The second-order valence-electron chi connectivity index (χ2n) is 7.10. The summed E-state index contributed by atoms with van der Waals surface area (Å²) in [6, 6.07) is 14.4. The third kappa shape index (κ3) is 6.84. The van der Waals surface area contributed by atoms with Crippen LogP contribution < -0.4 is 20.1 Å². The first-order valence-corrected chi connectivity index (χ1v) is 10.4. The first-order chi connectivity index (χ1) is 15.3. The molecule has 2 N–H and O–H groups in total. The highest BCUT2D eigenvalue weighted by atomic mass is 127. The van der Waals surface area contributed by atoms with Gasteiger partial charge < -0.3 is 20.1 Å². The summed E-state index contributed by atoms with van der Waals surface area (Å²) >= 11 is 0. The molecule has 0 aliphatic carbocycles. The number of halogens is 2. The zero-order valence-electron chi connectivity index (χ0n) is 17.7. The van der Waals surface area contributed by atoms with Crippen LogP contribution in [0.1, 0.15) is 12.0 Å². The Labute approximate surface area is 204 Å². The lowest BCUT2D eigenvalue weighted by Gasteiger charge is -2.15. The number of hydrogen-bond donors (Lipinski definition) is 2. The lowest BCUT2D eigenvalue weighted by molar-refractivity contribution is 0.297. The van der Waals surface area contributed by atoms with Gasteiger partial charge in [0.05, 0.1) is 19.8 Å². The number of ether oxygens (including phenoxy) is 2. The van der Waals surface area contributed by atoms with E-state index in [4.69, 9.17) is 9.47 Å². The number of guanidine groups is 1. The molecule has 9 heteroatoms. The molecule has 1 aliphatic rings. The first kappa shape index (κ1) is 23.8. The normalized spacial score (nSPS) is 13.1. The van der Waals surface area contributed by atoms with E-state index in [1.807, 2.05) is 41.2 Å². The van der Waals surface area contributed by atoms with Crippen LogP contribution in [-0.4, -0.2) is 42.0 Å². The first-order valence-electron chi connectivity index (χ1n) is 10.4. The summed E-state index contributed by atoms with van der Waals surface area (Å²) in [5.41, 5.74) is 1.48. The zero-order chi connectivity index (χ0) is 21.3. The quantitative estimate of drug-likeness (QED) is 0.263. The Hall–Kier alpha value is -2.82. The van der Waals surface area contributed by atoms with Crippen molar-refractivity contribution in [2.24, 2.45) is 4.99 Å². The third-order valence-corrected chi connectivity index (χ3v) is 4.81. The maximum atomic E-state index is 13.9. The molecule has 7 nitrogen and oxygen atoms in total. The average Bonchev–Trinajstić information content (AvgIpc) is 3.18. The molecule has 0 saturated carbocycles. The molecule has 1 aromatic heterocycles. The smallest absolute Gasteiger partial charge is 0.195 e. The molecule has 0 fully saturated rings. The molecule has 0 bridgehead atoms. The van der Waals surface area contributed by atoms with Crippen molar-refractivity contribution in [1.29, 1.82) is 0 Å². The highest BCUT2D eigenvalue weighted by Crippen LogP contribution is 2.32. The summed E-state index contributed by atoms with van der Waals surface area (Å²) < 4.78 is 27.2. The maximum absolute atomic E-state index is 13.9. The molecule has 4 rings (SSSR count). The van der Waals surface area contributed by atoms with Gasteiger partial charge in [0.1, 0.15) is 5.82 Å². The molecular formula is C23H27FIN5O2. The van der Waals surface area contributed by atoms with Gasteiger partial charge in [0.2, 0.25) is 0 Å². The van der Waals surface area contributed by atoms with Gasteiger partial charge >= 0.3 is 0 Å². The molecule has 1 aliphatic heterocycles. The minimum Gasteiger partial charge on any atom is -0.490 e. The number of anilines is 1. The molecule has 0 radical (unpaired) electrons. The van der Waals surface area contributed by atoms with Crippen molar-refractivity contribution < 1.29 is 13.9 Å². The van der Waals surface area contributed by atoms with Crippen LogP contribution >= 0.6 is 24.0 Å². The predicted molar refractivity (Wildman–Crippen MR) is 134 cm³/mol. The van der Waals surface area contributed by atoms with Gasteiger partial charge in [-0.05, 0) is 36.2 Å². The van der Waals surface area contributed by atoms with Crippen molar-refractivity contribution in [2.45, 2.75) is 19.4 Å². The largest absolute Gasteiger partial charge is 0.490 e. The molecule has 2 aromatic carbocycles. The molecule has 3 aromatic rings. The van der Waals surface area contributed by atoms with Crippen molar-refractivity contribution in [3.8, 4) is 11.5 Å². The Morgan fingerprint density at radius 2 is 1.94 bits per heavy atom. The van der Waals surface area contributed by atoms with E-state index < -0.39 is 0 Å². The zero-order valence-corrected chi connectivity index (χ0v) is 20.0. The Kier molecular flexibility index (Phi) is 9.14. The predicted octanol–water partition coefficient (Wildman–Crippen LogP) is 4.10. The molecule has 2 heterocycles. The van der Waals surface area contributed by atoms with E-state index in [0.717, 1.165) is 17.9 Å². The molecule has 32 heavy (non-hydrogen) atoms. The number of nitrogens with one attached hydrogen (secondary N) is 2. The number of benzene rings is 2. The highest BCUT2D eigenvalue weighted by molar-refractivity contribution is 14.0. The van der Waals surface area contributed by atoms with E-state index in [-0.39, 0.29) is 29.8 Å². The lowest BCUT2D eigenvalue weighted by atomic mass is 10.1. The molecule has 0 spiro atoms. The lowest BCUT2D eigenvalue weighted by Crippen LogP contribution is -2.33. The van der Waals surface area contributed by atoms with Crippen LogP contribution in [0.3, 0.4) is 0 Å². The fraction of sp³-hybridized carbons (Fsp3) is 0.304. The van der Waals surface area contributed by atoms with Crippen LogP contribution in [-0.2, 0) is 13.0 Å². The molecule has 0 atom stereocenters. The fourth-order valence-corrected chi connectivity index (χ4v) is 3.23. The van der Waals surface area contributed by atoms with Gasteiger partial charge in [0.15, 0.2) is 17.5 Å². The van der Waals surface area contributed by atoms with Gasteiger partial charge in [-0.1, -0.05) is 18.2 Å². The number of aromatic nitrogens is 2. The third-order valence-electron chi connectivity index (χ3n) is 4.81.